The zero-order valence-corrected chi connectivity index (χ0v) is 21.1. The van der Waals surface area contributed by atoms with Crippen molar-refractivity contribution in [2.75, 3.05) is 51.3 Å². The van der Waals surface area contributed by atoms with E-state index in [0.29, 0.717) is 23.7 Å². The summed E-state index contributed by atoms with van der Waals surface area (Å²) in [6, 6.07) is 10.6. The molecular formula is C25H27ClN6O2S. The van der Waals surface area contributed by atoms with E-state index in [1.807, 2.05) is 17.4 Å². The van der Waals surface area contributed by atoms with Crippen molar-refractivity contribution in [3.63, 3.8) is 0 Å². The van der Waals surface area contributed by atoms with E-state index in [4.69, 9.17) is 26.1 Å². The lowest BCUT2D eigenvalue weighted by atomic mass is 10.1. The smallest absolute Gasteiger partial charge is 0.243 e. The third-order valence-corrected chi connectivity index (χ3v) is 7.89. The number of ether oxygens (including phenoxy) is 2. The number of hydrogen-bond donors (Lipinski definition) is 2. The Morgan fingerprint density at radius 3 is 2.97 bits per heavy atom. The fraction of sp³-hybridized carbons (Fsp3) is 0.400. The fourth-order valence-corrected chi connectivity index (χ4v) is 5.94. The Kier molecular flexibility index (Phi) is 6.42. The second kappa shape index (κ2) is 9.83. The number of pyridine rings is 1. The number of rotatable bonds is 5. The van der Waals surface area contributed by atoms with Crippen LogP contribution in [0, 0.1) is 0 Å². The van der Waals surface area contributed by atoms with Crippen LogP contribution in [0.3, 0.4) is 0 Å². The van der Waals surface area contributed by atoms with Gasteiger partial charge < -0.3 is 20.1 Å². The highest BCUT2D eigenvalue weighted by atomic mass is 35.5. The lowest BCUT2D eigenvalue weighted by Gasteiger charge is -2.26. The molecule has 4 aromatic rings. The third-order valence-electron chi connectivity index (χ3n) is 6.55. The molecule has 2 N–H and O–H groups in total. The number of morpholine rings is 1. The van der Waals surface area contributed by atoms with Crippen molar-refractivity contribution in [3.8, 4) is 17.1 Å². The monoisotopic (exact) mass is 510 g/mol. The number of aromatic nitrogens is 3. The van der Waals surface area contributed by atoms with E-state index in [2.05, 4.69) is 50.9 Å². The van der Waals surface area contributed by atoms with Crippen LogP contribution in [0.1, 0.15) is 11.8 Å². The highest BCUT2D eigenvalue weighted by molar-refractivity contribution is 7.20. The molecule has 6 rings (SSSR count). The molecule has 1 aromatic carbocycles. The minimum absolute atomic E-state index is 0.312. The van der Waals surface area contributed by atoms with E-state index in [9.17, 15) is 0 Å². The summed E-state index contributed by atoms with van der Waals surface area (Å²) in [5.74, 6) is 0.446. The van der Waals surface area contributed by atoms with Crippen molar-refractivity contribution >= 4 is 49.6 Å². The van der Waals surface area contributed by atoms with Crippen molar-refractivity contribution in [2.45, 2.75) is 19.5 Å². The first kappa shape index (κ1) is 22.9. The highest BCUT2D eigenvalue weighted by Crippen LogP contribution is 2.41. The van der Waals surface area contributed by atoms with Crippen LogP contribution >= 0.6 is 22.9 Å². The summed E-state index contributed by atoms with van der Waals surface area (Å²) >= 11 is 8.05. The summed E-state index contributed by atoms with van der Waals surface area (Å²) < 4.78 is 12.7. The zero-order valence-electron chi connectivity index (χ0n) is 19.5. The van der Waals surface area contributed by atoms with Gasteiger partial charge in [0.05, 0.1) is 35.7 Å². The Balaban J connectivity index is 1.32. The van der Waals surface area contributed by atoms with Crippen LogP contribution in [-0.2, 0) is 11.3 Å². The predicted molar refractivity (Wildman–Crippen MR) is 141 cm³/mol. The molecule has 0 aliphatic carbocycles. The lowest BCUT2D eigenvalue weighted by Crippen LogP contribution is -2.38. The summed E-state index contributed by atoms with van der Waals surface area (Å²) in [7, 11) is 0. The summed E-state index contributed by atoms with van der Waals surface area (Å²) in [5, 5.41) is 18.2. The normalized spacial score (nSPS) is 18.9. The Labute approximate surface area is 212 Å². The van der Waals surface area contributed by atoms with Crippen LogP contribution in [0.4, 0.5) is 5.69 Å². The standard InChI is InChI=1S/C25H27ClN6O2S/c1-15-13-28-24-21(14-27-15)35-20-5-4-18-16(23(20)24)2-3-19(29-18)17-12-22(26)30-31-25(17)34-11-8-32-6-9-33-10-7-32/h2-5,12,15,27-28H,6-11,13-14H2,1H3/t15-/m1/s1. The first-order valence-electron chi connectivity index (χ1n) is 11.9. The summed E-state index contributed by atoms with van der Waals surface area (Å²) in [6.07, 6.45) is 0. The van der Waals surface area contributed by atoms with Crippen molar-refractivity contribution in [1.29, 1.82) is 0 Å². The van der Waals surface area contributed by atoms with Gasteiger partial charge in [0.2, 0.25) is 5.88 Å². The molecule has 0 spiro atoms. The molecule has 1 fully saturated rings. The largest absolute Gasteiger partial charge is 0.475 e. The molecule has 35 heavy (non-hydrogen) atoms. The van der Waals surface area contributed by atoms with Gasteiger partial charge in [0.25, 0.3) is 0 Å². The molecule has 0 radical (unpaired) electrons. The van der Waals surface area contributed by atoms with Crippen molar-refractivity contribution < 1.29 is 9.47 Å². The Hall–Kier alpha value is -2.56. The number of fused-ring (bicyclic) bond motifs is 5. The predicted octanol–water partition coefficient (Wildman–Crippen LogP) is 4.17. The Morgan fingerprint density at radius 1 is 1.20 bits per heavy atom. The van der Waals surface area contributed by atoms with Gasteiger partial charge >= 0.3 is 0 Å². The van der Waals surface area contributed by atoms with E-state index in [1.54, 1.807) is 6.07 Å². The average molecular weight is 511 g/mol. The van der Waals surface area contributed by atoms with Crippen LogP contribution in [0.2, 0.25) is 5.15 Å². The first-order chi connectivity index (χ1) is 17.2. The summed E-state index contributed by atoms with van der Waals surface area (Å²) in [5.41, 5.74) is 3.66. The minimum atomic E-state index is 0.312. The molecule has 5 heterocycles. The number of thiophene rings is 1. The maximum atomic E-state index is 6.22. The molecule has 1 atom stereocenters. The SMILES string of the molecule is C[C@@H]1CNc2c(sc3ccc4nc(-c5cc(Cl)nnc5OCCN5CCOCC5)ccc4c23)CN1. The zero-order chi connectivity index (χ0) is 23.8. The van der Waals surface area contributed by atoms with Gasteiger partial charge in [-0.2, -0.15) is 0 Å². The molecule has 0 bridgehead atoms. The Morgan fingerprint density at radius 2 is 2.09 bits per heavy atom. The van der Waals surface area contributed by atoms with E-state index in [-0.39, 0.29) is 0 Å². The maximum absolute atomic E-state index is 6.22. The molecule has 2 aliphatic rings. The molecule has 1 saturated heterocycles. The van der Waals surface area contributed by atoms with Gasteiger partial charge in [0.1, 0.15) is 6.61 Å². The van der Waals surface area contributed by atoms with Gasteiger partial charge in [0, 0.05) is 59.1 Å². The molecule has 3 aromatic heterocycles. The van der Waals surface area contributed by atoms with Crippen molar-refractivity contribution in [2.24, 2.45) is 0 Å². The quantitative estimate of drug-likeness (QED) is 0.414. The molecule has 0 saturated carbocycles. The summed E-state index contributed by atoms with van der Waals surface area (Å²) in [6.45, 7) is 8.65. The van der Waals surface area contributed by atoms with Crippen LogP contribution in [0.5, 0.6) is 5.88 Å². The van der Waals surface area contributed by atoms with Crippen LogP contribution in [0.15, 0.2) is 30.3 Å². The molecular weight excluding hydrogens is 484 g/mol. The van der Waals surface area contributed by atoms with E-state index in [0.717, 1.165) is 68.1 Å². The van der Waals surface area contributed by atoms with Gasteiger partial charge in [0.15, 0.2) is 5.15 Å². The number of anilines is 1. The second-order valence-electron chi connectivity index (χ2n) is 8.95. The van der Waals surface area contributed by atoms with E-state index < -0.39 is 0 Å². The third kappa shape index (κ3) is 4.66. The molecule has 182 valence electrons. The number of nitrogens with one attached hydrogen (secondary N) is 2. The molecule has 0 amide bonds. The minimum Gasteiger partial charge on any atom is -0.475 e. The Bertz CT molecular complexity index is 1370. The van der Waals surface area contributed by atoms with Gasteiger partial charge in [-0.1, -0.05) is 11.6 Å². The molecule has 8 nitrogen and oxygen atoms in total. The van der Waals surface area contributed by atoms with Gasteiger partial charge in [-0.05, 0) is 37.3 Å². The van der Waals surface area contributed by atoms with Gasteiger partial charge in [-0.25, -0.2) is 4.98 Å². The van der Waals surface area contributed by atoms with Crippen LogP contribution in [-0.4, -0.2) is 72.1 Å². The highest BCUT2D eigenvalue weighted by Gasteiger charge is 2.20. The average Bonchev–Trinajstić information content (AvgIpc) is 3.15. The summed E-state index contributed by atoms with van der Waals surface area (Å²) in [4.78, 5) is 8.64. The van der Waals surface area contributed by atoms with Crippen molar-refractivity contribution in [1.82, 2.24) is 25.4 Å². The first-order valence-corrected chi connectivity index (χ1v) is 13.1. The van der Waals surface area contributed by atoms with E-state index in [1.165, 1.54) is 20.7 Å². The number of nitrogens with zero attached hydrogens (tertiary/aromatic N) is 4. The number of halogens is 1. The maximum Gasteiger partial charge on any atom is 0.243 e. The molecule has 0 unspecified atom stereocenters. The van der Waals surface area contributed by atoms with Gasteiger partial charge in [-0.15, -0.1) is 21.5 Å². The van der Waals surface area contributed by atoms with Crippen LogP contribution in [0.25, 0.3) is 32.2 Å². The number of benzene rings is 1. The topological polar surface area (TPSA) is 84.4 Å². The van der Waals surface area contributed by atoms with Crippen molar-refractivity contribution in [3.05, 3.63) is 40.4 Å². The number of hydrogen-bond acceptors (Lipinski definition) is 9. The molecule has 2 aliphatic heterocycles. The molecule has 10 heteroatoms. The fourth-order valence-electron chi connectivity index (χ4n) is 4.65. The van der Waals surface area contributed by atoms with Crippen LogP contribution < -0.4 is 15.4 Å². The lowest BCUT2D eigenvalue weighted by molar-refractivity contribution is 0.0320. The van der Waals surface area contributed by atoms with Gasteiger partial charge in [-0.3, -0.25) is 4.90 Å². The second-order valence-corrected chi connectivity index (χ2v) is 10.5. The van der Waals surface area contributed by atoms with E-state index >= 15 is 0 Å².